The molecule has 0 bridgehead atoms. The van der Waals surface area contributed by atoms with Gasteiger partial charge in [0.05, 0.1) is 18.8 Å². The molecule has 3 N–H and O–H groups in total. The second-order valence-electron chi connectivity index (χ2n) is 9.26. The van der Waals surface area contributed by atoms with Crippen LogP contribution >= 0.6 is 0 Å². The maximum atomic E-state index is 10.3. The Morgan fingerprint density at radius 3 is 2.62 bits per heavy atom. The van der Waals surface area contributed by atoms with E-state index in [9.17, 15) is 15.3 Å². The highest BCUT2D eigenvalue weighted by Crippen LogP contribution is 2.65. The third-order valence-electron chi connectivity index (χ3n) is 8.27. The van der Waals surface area contributed by atoms with Gasteiger partial charge in [-0.3, -0.25) is 0 Å². The molecule has 3 saturated carbocycles. The van der Waals surface area contributed by atoms with Crippen LogP contribution in [-0.4, -0.2) is 34.1 Å². The molecule has 3 heteroatoms. The molecule has 0 saturated heterocycles. The molecule has 134 valence electrons. The predicted molar refractivity (Wildman–Crippen MR) is 94.3 cm³/mol. The highest BCUT2D eigenvalue weighted by Gasteiger charge is 2.57. The van der Waals surface area contributed by atoms with Crippen molar-refractivity contribution >= 4 is 0 Å². The van der Waals surface area contributed by atoms with Crippen molar-refractivity contribution in [3.63, 3.8) is 0 Å². The number of aliphatic hydroxyl groups excluding tert-OH is 3. The molecule has 4 rings (SSSR count). The van der Waals surface area contributed by atoms with E-state index >= 15 is 0 Å². The molecule has 0 amide bonds. The molecule has 0 heterocycles. The van der Waals surface area contributed by atoms with Gasteiger partial charge in [-0.25, -0.2) is 0 Å². The molecule has 3 fully saturated rings. The van der Waals surface area contributed by atoms with Gasteiger partial charge >= 0.3 is 0 Å². The Hall–Kier alpha value is -0.640. The number of rotatable bonds is 2. The first-order valence-corrected chi connectivity index (χ1v) is 9.78. The molecule has 4 aliphatic rings. The van der Waals surface area contributed by atoms with E-state index in [4.69, 9.17) is 0 Å². The van der Waals surface area contributed by atoms with E-state index in [1.807, 2.05) is 0 Å². The molecule has 24 heavy (non-hydrogen) atoms. The van der Waals surface area contributed by atoms with Gasteiger partial charge in [0, 0.05) is 0 Å². The van der Waals surface area contributed by atoms with Crippen LogP contribution in [0.3, 0.4) is 0 Å². The zero-order valence-electron chi connectivity index (χ0n) is 15.0. The molecule has 0 spiro atoms. The molecule has 0 aromatic carbocycles. The Morgan fingerprint density at radius 2 is 1.88 bits per heavy atom. The quantitative estimate of drug-likeness (QED) is 0.728. The second kappa shape index (κ2) is 5.69. The van der Waals surface area contributed by atoms with E-state index in [-0.39, 0.29) is 29.5 Å². The SMILES string of the molecule is C[C@]12CC[C@@H]3C(=CC=C4C[C@@H](O)CC[C@]43C)[C@@H]1CC[C@@H]2[C@@H](O)CO. The zero-order chi connectivity index (χ0) is 17.1. The van der Waals surface area contributed by atoms with Crippen LogP contribution in [0.15, 0.2) is 23.3 Å². The summed E-state index contributed by atoms with van der Waals surface area (Å²) in [5, 5.41) is 29.8. The lowest BCUT2D eigenvalue weighted by Gasteiger charge is -2.55. The number of hydrogen-bond acceptors (Lipinski definition) is 3. The van der Waals surface area contributed by atoms with E-state index in [1.54, 1.807) is 5.57 Å². The van der Waals surface area contributed by atoms with E-state index in [1.165, 1.54) is 12.0 Å². The Bertz CT molecular complexity index is 580. The van der Waals surface area contributed by atoms with E-state index in [2.05, 4.69) is 26.0 Å². The molecule has 3 nitrogen and oxygen atoms in total. The highest BCUT2D eigenvalue weighted by atomic mass is 16.3. The molecule has 7 atom stereocenters. The summed E-state index contributed by atoms with van der Waals surface area (Å²) in [5.74, 6) is 1.37. The van der Waals surface area contributed by atoms with Crippen molar-refractivity contribution in [3.8, 4) is 0 Å². The summed E-state index contributed by atoms with van der Waals surface area (Å²) in [4.78, 5) is 0. The molecule has 0 unspecified atom stereocenters. The normalized spacial score (nSPS) is 48.7. The summed E-state index contributed by atoms with van der Waals surface area (Å²) in [5.41, 5.74) is 3.39. The average molecular weight is 332 g/mol. The fourth-order valence-electron chi connectivity index (χ4n) is 6.78. The van der Waals surface area contributed by atoms with Gasteiger partial charge in [-0.2, -0.15) is 0 Å². The van der Waals surface area contributed by atoms with Crippen molar-refractivity contribution in [3.05, 3.63) is 23.3 Å². The van der Waals surface area contributed by atoms with Gasteiger partial charge in [0.15, 0.2) is 0 Å². The Labute approximate surface area is 145 Å². The number of fused-ring (bicyclic) bond motifs is 5. The smallest absolute Gasteiger partial charge is 0.0804 e. The lowest BCUT2D eigenvalue weighted by atomic mass is 9.50. The summed E-state index contributed by atoms with van der Waals surface area (Å²) in [6.07, 6.45) is 11.3. The van der Waals surface area contributed by atoms with Crippen molar-refractivity contribution < 1.29 is 15.3 Å². The van der Waals surface area contributed by atoms with Crippen LogP contribution < -0.4 is 0 Å². The Kier molecular flexibility index (Phi) is 3.98. The largest absolute Gasteiger partial charge is 0.394 e. The van der Waals surface area contributed by atoms with Crippen molar-refractivity contribution in [2.24, 2.45) is 28.6 Å². The van der Waals surface area contributed by atoms with Crippen molar-refractivity contribution in [1.82, 2.24) is 0 Å². The Morgan fingerprint density at radius 1 is 1.08 bits per heavy atom. The lowest BCUT2D eigenvalue weighted by molar-refractivity contribution is -0.0253. The number of aliphatic hydroxyl groups is 3. The molecule has 0 aromatic heterocycles. The van der Waals surface area contributed by atoms with Crippen LogP contribution in [0.2, 0.25) is 0 Å². The van der Waals surface area contributed by atoms with Crippen molar-refractivity contribution in [1.29, 1.82) is 0 Å². The van der Waals surface area contributed by atoms with E-state index in [0.29, 0.717) is 11.8 Å². The van der Waals surface area contributed by atoms with E-state index < -0.39 is 6.10 Å². The van der Waals surface area contributed by atoms with Gasteiger partial charge < -0.3 is 15.3 Å². The molecular formula is C21H32O3. The molecule has 0 aliphatic heterocycles. The average Bonchev–Trinajstić information content (AvgIpc) is 2.92. The summed E-state index contributed by atoms with van der Waals surface area (Å²) < 4.78 is 0. The maximum Gasteiger partial charge on any atom is 0.0804 e. The monoisotopic (exact) mass is 332 g/mol. The summed E-state index contributed by atoms with van der Waals surface area (Å²) in [7, 11) is 0. The maximum absolute atomic E-state index is 10.3. The summed E-state index contributed by atoms with van der Waals surface area (Å²) in [6, 6.07) is 0. The van der Waals surface area contributed by atoms with Crippen molar-refractivity contribution in [2.75, 3.05) is 6.61 Å². The Balaban J connectivity index is 1.68. The summed E-state index contributed by atoms with van der Waals surface area (Å²) >= 11 is 0. The van der Waals surface area contributed by atoms with Gasteiger partial charge in [-0.15, -0.1) is 0 Å². The van der Waals surface area contributed by atoms with Crippen molar-refractivity contribution in [2.45, 2.75) is 71.0 Å². The first-order chi connectivity index (χ1) is 11.4. The van der Waals surface area contributed by atoms with Gasteiger partial charge in [0.25, 0.3) is 0 Å². The number of allylic oxidation sites excluding steroid dienone is 3. The standard InChI is InChI=1S/C21H32O3/c1-20-9-7-14(23)11-13(20)3-4-15-16-5-6-18(19(24)12-22)21(16,2)10-8-17(15)20/h3-4,14,16-19,22-24H,5-12H2,1-2H3/t14-,16-,17+,18+,19-,20+,21-/m0/s1. The minimum absolute atomic E-state index is 0.116. The van der Waals surface area contributed by atoms with Gasteiger partial charge in [-0.1, -0.05) is 37.1 Å². The predicted octanol–water partition coefficient (Wildman–Crippen LogP) is 3.20. The lowest BCUT2D eigenvalue weighted by Crippen LogP contribution is -2.47. The van der Waals surface area contributed by atoms with Crippen LogP contribution in [-0.2, 0) is 0 Å². The highest BCUT2D eigenvalue weighted by molar-refractivity contribution is 5.38. The fraction of sp³-hybridized carbons (Fsp3) is 0.810. The number of hydrogen-bond donors (Lipinski definition) is 3. The van der Waals surface area contributed by atoms with Crippen LogP contribution in [0.4, 0.5) is 0 Å². The second-order valence-corrected chi connectivity index (χ2v) is 9.26. The van der Waals surface area contributed by atoms with Gasteiger partial charge in [0.1, 0.15) is 0 Å². The minimum Gasteiger partial charge on any atom is -0.394 e. The van der Waals surface area contributed by atoms with Crippen LogP contribution in [0, 0.1) is 28.6 Å². The van der Waals surface area contributed by atoms with Gasteiger partial charge in [0.2, 0.25) is 0 Å². The minimum atomic E-state index is -0.577. The molecule has 0 aromatic rings. The third-order valence-corrected chi connectivity index (χ3v) is 8.27. The molecule has 4 aliphatic carbocycles. The fourth-order valence-corrected chi connectivity index (χ4v) is 6.78. The third kappa shape index (κ3) is 2.21. The topological polar surface area (TPSA) is 60.7 Å². The van der Waals surface area contributed by atoms with E-state index in [0.717, 1.165) is 38.5 Å². The zero-order valence-corrected chi connectivity index (χ0v) is 15.0. The van der Waals surface area contributed by atoms with Crippen LogP contribution in [0.25, 0.3) is 0 Å². The summed E-state index contributed by atoms with van der Waals surface area (Å²) in [6.45, 7) is 4.65. The first-order valence-electron chi connectivity index (χ1n) is 9.78. The first kappa shape index (κ1) is 16.8. The van der Waals surface area contributed by atoms with Gasteiger partial charge in [-0.05, 0) is 73.5 Å². The van der Waals surface area contributed by atoms with Crippen LogP contribution in [0.5, 0.6) is 0 Å². The molecule has 0 radical (unpaired) electrons. The van der Waals surface area contributed by atoms with Crippen LogP contribution in [0.1, 0.15) is 58.8 Å². The molecular weight excluding hydrogens is 300 g/mol.